The third-order valence-corrected chi connectivity index (χ3v) is 5.86. The molecule has 1 atom stereocenters. The molecule has 4 rings (SSSR count). The number of fused-ring (bicyclic) bond motifs is 1. The molecule has 0 spiro atoms. The van der Waals surface area contributed by atoms with Gasteiger partial charge in [-0.3, -0.25) is 10.1 Å². The molecule has 142 valence electrons. The van der Waals surface area contributed by atoms with Gasteiger partial charge in [0.1, 0.15) is 0 Å². The fraction of sp³-hybridized carbons (Fsp3) is 0.150. The number of hydrogen-bond acceptors (Lipinski definition) is 5. The van der Waals surface area contributed by atoms with E-state index in [0.29, 0.717) is 33.6 Å². The molecule has 1 aliphatic heterocycles. The van der Waals surface area contributed by atoms with Crippen LogP contribution in [0.3, 0.4) is 0 Å². The van der Waals surface area contributed by atoms with Gasteiger partial charge in [-0.15, -0.1) is 11.3 Å². The van der Waals surface area contributed by atoms with Crippen LogP contribution in [0, 0.1) is 0 Å². The molecule has 1 aliphatic rings. The van der Waals surface area contributed by atoms with E-state index in [4.69, 9.17) is 27.9 Å². The molecule has 0 unspecified atom stereocenters. The van der Waals surface area contributed by atoms with Gasteiger partial charge in [-0.05, 0) is 35.4 Å². The lowest BCUT2D eigenvalue weighted by Crippen LogP contribution is -2.37. The van der Waals surface area contributed by atoms with Crippen LogP contribution >= 0.6 is 34.5 Å². The molecule has 8 heteroatoms. The highest BCUT2D eigenvalue weighted by Crippen LogP contribution is 2.27. The quantitative estimate of drug-likeness (QED) is 0.603. The Morgan fingerprint density at radius 2 is 2.07 bits per heavy atom. The van der Waals surface area contributed by atoms with Crippen LogP contribution < -0.4 is 5.32 Å². The smallest absolute Gasteiger partial charge is 0.339 e. The van der Waals surface area contributed by atoms with Gasteiger partial charge < -0.3 is 4.74 Å². The first-order valence-electron chi connectivity index (χ1n) is 8.48. The second-order valence-corrected chi connectivity index (χ2v) is 8.25. The Kier molecular flexibility index (Phi) is 5.35. The number of ether oxygens (including phenoxy) is 1. The summed E-state index contributed by atoms with van der Waals surface area (Å²) in [6.45, 7) is 0. The Bertz CT molecular complexity index is 1070. The highest BCUT2D eigenvalue weighted by atomic mass is 35.5. The van der Waals surface area contributed by atoms with Gasteiger partial charge in [0.25, 0.3) is 5.91 Å². The Hall–Kier alpha value is -2.41. The number of halogens is 2. The minimum absolute atomic E-state index is 0.337. The lowest BCUT2D eigenvalue weighted by Gasteiger charge is -2.23. The number of nitrogens with zero attached hydrogens (tertiary/aromatic N) is 1. The molecule has 0 fully saturated rings. The maximum Gasteiger partial charge on any atom is 0.339 e. The average Bonchev–Trinajstić information content (AvgIpc) is 3.11. The summed E-state index contributed by atoms with van der Waals surface area (Å²) in [7, 11) is 0. The second-order valence-electron chi connectivity index (χ2n) is 6.29. The topological polar surface area (TPSA) is 68.3 Å². The van der Waals surface area contributed by atoms with Crippen molar-refractivity contribution in [2.24, 2.45) is 0 Å². The van der Waals surface area contributed by atoms with Crippen LogP contribution in [0.4, 0.5) is 5.13 Å². The number of carbonyl (C=O) groups is 2. The SMILES string of the molecule is O=C1O[C@H](C(=O)Nc2ncc(Cc3cc(Cl)ccc3Cl)s2)Cc2ccccc21. The van der Waals surface area contributed by atoms with Crippen molar-refractivity contribution < 1.29 is 14.3 Å². The average molecular weight is 433 g/mol. The Morgan fingerprint density at radius 1 is 1.25 bits per heavy atom. The maximum atomic E-state index is 12.5. The molecule has 0 aliphatic carbocycles. The lowest BCUT2D eigenvalue weighted by molar-refractivity contribution is -0.125. The molecule has 28 heavy (non-hydrogen) atoms. The number of amides is 1. The summed E-state index contributed by atoms with van der Waals surface area (Å²) in [4.78, 5) is 29.8. The number of cyclic esters (lactones) is 1. The Balaban J connectivity index is 1.43. The molecule has 3 aromatic rings. The van der Waals surface area contributed by atoms with Crippen molar-refractivity contribution in [3.05, 3.63) is 80.3 Å². The van der Waals surface area contributed by atoms with Gasteiger partial charge in [-0.2, -0.15) is 0 Å². The number of anilines is 1. The van der Waals surface area contributed by atoms with Gasteiger partial charge in [0.15, 0.2) is 11.2 Å². The van der Waals surface area contributed by atoms with E-state index in [1.54, 1.807) is 36.5 Å². The summed E-state index contributed by atoms with van der Waals surface area (Å²) < 4.78 is 5.27. The zero-order chi connectivity index (χ0) is 19.7. The Morgan fingerprint density at radius 3 is 2.93 bits per heavy atom. The predicted octanol–water partition coefficient (Wildman–Crippen LogP) is 4.76. The number of nitrogens with one attached hydrogen (secondary N) is 1. The largest absolute Gasteiger partial charge is 0.448 e. The molecule has 0 saturated heterocycles. The van der Waals surface area contributed by atoms with Gasteiger partial charge >= 0.3 is 5.97 Å². The number of thiazole rings is 1. The molecule has 5 nitrogen and oxygen atoms in total. The first-order valence-corrected chi connectivity index (χ1v) is 10.1. The third kappa shape index (κ3) is 4.04. The third-order valence-electron chi connectivity index (χ3n) is 4.34. The van der Waals surface area contributed by atoms with Crippen LogP contribution in [0.25, 0.3) is 0 Å². The molecular weight excluding hydrogens is 419 g/mol. The van der Waals surface area contributed by atoms with Crippen LogP contribution in [-0.2, 0) is 22.4 Å². The molecule has 1 N–H and O–H groups in total. The second kappa shape index (κ2) is 7.91. The number of aromatic nitrogens is 1. The summed E-state index contributed by atoms with van der Waals surface area (Å²) in [5.41, 5.74) is 2.18. The van der Waals surface area contributed by atoms with Crippen LogP contribution in [0.2, 0.25) is 10.0 Å². The normalized spacial score (nSPS) is 15.6. The summed E-state index contributed by atoms with van der Waals surface area (Å²) >= 11 is 13.6. The van der Waals surface area contributed by atoms with Crippen molar-refractivity contribution in [1.29, 1.82) is 0 Å². The highest BCUT2D eigenvalue weighted by Gasteiger charge is 2.31. The molecular formula is C20H14Cl2N2O3S. The van der Waals surface area contributed by atoms with Crippen molar-refractivity contribution in [3.8, 4) is 0 Å². The summed E-state index contributed by atoms with van der Waals surface area (Å²) in [5.74, 6) is -0.887. The van der Waals surface area contributed by atoms with E-state index >= 15 is 0 Å². The van der Waals surface area contributed by atoms with E-state index in [0.717, 1.165) is 16.0 Å². The highest BCUT2D eigenvalue weighted by molar-refractivity contribution is 7.15. The van der Waals surface area contributed by atoms with E-state index < -0.39 is 18.0 Å². The standard InChI is InChI=1S/C20H14Cl2N2O3S/c21-13-5-6-16(22)12(7-13)8-14-10-23-20(28-14)24-18(25)17-9-11-3-1-2-4-15(11)19(26)27-17/h1-7,10,17H,8-9H2,(H,23,24,25)/t17-/m0/s1. The van der Waals surface area contributed by atoms with E-state index in [2.05, 4.69) is 10.3 Å². The van der Waals surface area contributed by atoms with Crippen molar-refractivity contribution >= 4 is 51.5 Å². The number of hydrogen-bond donors (Lipinski definition) is 1. The fourth-order valence-electron chi connectivity index (χ4n) is 2.98. The van der Waals surface area contributed by atoms with Crippen LogP contribution in [0.15, 0.2) is 48.7 Å². The van der Waals surface area contributed by atoms with Crippen molar-refractivity contribution in [1.82, 2.24) is 4.98 Å². The molecule has 2 heterocycles. The molecule has 1 aromatic heterocycles. The number of carbonyl (C=O) groups excluding carboxylic acids is 2. The monoisotopic (exact) mass is 432 g/mol. The number of benzene rings is 2. The summed E-state index contributed by atoms with van der Waals surface area (Å²) in [5, 5.41) is 4.40. The minimum atomic E-state index is -0.878. The fourth-order valence-corrected chi connectivity index (χ4v) is 4.19. The van der Waals surface area contributed by atoms with Gasteiger partial charge in [0.05, 0.1) is 5.56 Å². The molecule has 0 saturated carbocycles. The predicted molar refractivity (Wildman–Crippen MR) is 109 cm³/mol. The van der Waals surface area contributed by atoms with E-state index in [1.165, 1.54) is 11.3 Å². The zero-order valence-electron chi connectivity index (χ0n) is 14.4. The maximum absolute atomic E-state index is 12.5. The van der Waals surface area contributed by atoms with Crippen molar-refractivity contribution in [3.63, 3.8) is 0 Å². The zero-order valence-corrected chi connectivity index (χ0v) is 16.8. The van der Waals surface area contributed by atoms with E-state index in [9.17, 15) is 9.59 Å². The summed E-state index contributed by atoms with van der Waals surface area (Å²) in [6.07, 6.45) is 1.69. The van der Waals surface area contributed by atoms with Crippen molar-refractivity contribution in [2.75, 3.05) is 5.32 Å². The van der Waals surface area contributed by atoms with Gasteiger partial charge in [-0.25, -0.2) is 9.78 Å². The van der Waals surface area contributed by atoms with Gasteiger partial charge in [-0.1, -0.05) is 41.4 Å². The van der Waals surface area contributed by atoms with Crippen LogP contribution in [0.5, 0.6) is 0 Å². The summed E-state index contributed by atoms with van der Waals surface area (Å²) in [6, 6.07) is 12.4. The molecule has 0 radical (unpaired) electrons. The lowest BCUT2D eigenvalue weighted by atomic mass is 9.98. The number of esters is 1. The van der Waals surface area contributed by atoms with Crippen LogP contribution in [-0.4, -0.2) is 23.0 Å². The molecule has 2 aromatic carbocycles. The van der Waals surface area contributed by atoms with Gasteiger partial charge in [0, 0.05) is 34.0 Å². The number of rotatable bonds is 4. The van der Waals surface area contributed by atoms with Crippen molar-refractivity contribution in [2.45, 2.75) is 18.9 Å². The molecule has 1 amide bonds. The van der Waals surface area contributed by atoms with Crippen LogP contribution in [0.1, 0.15) is 26.4 Å². The molecule has 0 bridgehead atoms. The minimum Gasteiger partial charge on any atom is -0.448 e. The van der Waals surface area contributed by atoms with E-state index in [1.807, 2.05) is 12.1 Å². The first-order chi connectivity index (χ1) is 13.5. The van der Waals surface area contributed by atoms with Gasteiger partial charge in [0.2, 0.25) is 0 Å². The first kappa shape index (κ1) is 18.9. The Labute approximate surface area is 175 Å². The van der Waals surface area contributed by atoms with E-state index in [-0.39, 0.29) is 0 Å².